The third kappa shape index (κ3) is 1.50. The molecule has 5 nitrogen and oxygen atoms in total. The van der Waals surface area contributed by atoms with Crippen LogP contribution in [0.5, 0.6) is 0 Å². The molecule has 18 heavy (non-hydrogen) atoms. The van der Waals surface area contributed by atoms with Gasteiger partial charge < -0.3 is 5.32 Å². The first-order valence-corrected chi connectivity index (χ1v) is 6.16. The fourth-order valence-electron chi connectivity index (χ4n) is 1.97. The lowest BCUT2D eigenvalue weighted by molar-refractivity contribution is 0.102. The molecule has 1 aliphatic heterocycles. The number of fused-ring (bicyclic) bond motifs is 2. The van der Waals surface area contributed by atoms with Crippen molar-refractivity contribution in [3.8, 4) is 0 Å². The smallest absolute Gasteiger partial charge is 0.258 e. The van der Waals surface area contributed by atoms with Crippen LogP contribution in [-0.4, -0.2) is 5.91 Å². The minimum atomic E-state index is -0.215. The summed E-state index contributed by atoms with van der Waals surface area (Å²) in [5.74, 6) is -0.215. The first kappa shape index (κ1) is 10.9. The van der Waals surface area contributed by atoms with Crippen molar-refractivity contribution in [2.45, 2.75) is 6.92 Å². The molecular weight excluding hydrogens is 250 g/mol. The highest BCUT2D eigenvalue weighted by atomic mass is 32.1. The van der Waals surface area contributed by atoms with Gasteiger partial charge in [0.15, 0.2) is 0 Å². The Morgan fingerprint density at radius 3 is 2.89 bits per heavy atom. The molecule has 0 radical (unpaired) electrons. The minimum absolute atomic E-state index is 0.215. The lowest BCUT2D eigenvalue weighted by atomic mass is 10.2. The van der Waals surface area contributed by atoms with Gasteiger partial charge in [0.05, 0.1) is 22.2 Å². The highest BCUT2D eigenvalue weighted by molar-refractivity contribution is 7.16. The van der Waals surface area contributed by atoms with Crippen LogP contribution < -0.4 is 10.3 Å². The lowest BCUT2D eigenvalue weighted by Gasteiger charge is -2.13. The third-order valence-corrected chi connectivity index (χ3v) is 3.76. The van der Waals surface area contributed by atoms with Crippen molar-refractivity contribution in [2.75, 3.05) is 10.3 Å². The number of nitroso groups, excluding NO2 is 1. The highest BCUT2D eigenvalue weighted by Crippen LogP contribution is 2.42. The Hall–Kier alpha value is -2.21. The molecule has 1 N–H and O–H groups in total. The number of anilines is 3. The van der Waals surface area contributed by atoms with Crippen molar-refractivity contribution < 1.29 is 4.79 Å². The van der Waals surface area contributed by atoms with Gasteiger partial charge in [0.1, 0.15) is 5.00 Å². The van der Waals surface area contributed by atoms with E-state index < -0.39 is 0 Å². The number of aryl methyl sites for hydroxylation is 1. The van der Waals surface area contributed by atoms with E-state index in [1.807, 2.05) is 6.92 Å². The van der Waals surface area contributed by atoms with Gasteiger partial charge in [0.2, 0.25) is 0 Å². The van der Waals surface area contributed by atoms with Crippen LogP contribution in [0.1, 0.15) is 15.2 Å². The molecule has 0 saturated heterocycles. The van der Waals surface area contributed by atoms with E-state index in [9.17, 15) is 9.70 Å². The standard InChI is InChI=1S/C12H9N3O2S/c1-7-6-8-11(16)13-9-4-2-3-5-10(9)15(14-17)12(8)18-7/h2-6H,1H3,(H,13,16). The fourth-order valence-corrected chi connectivity index (χ4v) is 2.93. The van der Waals surface area contributed by atoms with Crippen LogP contribution in [0.25, 0.3) is 0 Å². The summed E-state index contributed by atoms with van der Waals surface area (Å²) >= 11 is 1.37. The molecule has 0 atom stereocenters. The second-order valence-corrected chi connectivity index (χ2v) is 5.18. The molecule has 6 heteroatoms. The van der Waals surface area contributed by atoms with Gasteiger partial charge in [0.25, 0.3) is 5.91 Å². The van der Waals surface area contributed by atoms with Gasteiger partial charge in [-0.15, -0.1) is 16.2 Å². The number of amides is 1. The average Bonchev–Trinajstić information content (AvgIpc) is 2.70. The second kappa shape index (κ2) is 3.92. The molecule has 0 fully saturated rings. The van der Waals surface area contributed by atoms with Crippen LogP contribution in [-0.2, 0) is 0 Å². The number of benzene rings is 1. The Morgan fingerprint density at radius 2 is 2.11 bits per heavy atom. The maximum Gasteiger partial charge on any atom is 0.258 e. The number of nitrogens with zero attached hydrogens (tertiary/aromatic N) is 2. The molecular formula is C12H9N3O2S. The predicted molar refractivity (Wildman–Crippen MR) is 71.4 cm³/mol. The van der Waals surface area contributed by atoms with Crippen LogP contribution >= 0.6 is 11.3 Å². The van der Waals surface area contributed by atoms with Crippen molar-refractivity contribution in [1.29, 1.82) is 0 Å². The van der Waals surface area contributed by atoms with Crippen LogP contribution in [0.4, 0.5) is 16.4 Å². The highest BCUT2D eigenvalue weighted by Gasteiger charge is 2.27. The van der Waals surface area contributed by atoms with Gasteiger partial charge in [-0.1, -0.05) is 12.1 Å². The summed E-state index contributed by atoms with van der Waals surface area (Å²) in [6, 6.07) is 8.86. The zero-order valence-electron chi connectivity index (χ0n) is 9.51. The molecule has 2 heterocycles. The first-order valence-electron chi connectivity index (χ1n) is 5.35. The van der Waals surface area contributed by atoms with E-state index in [1.165, 1.54) is 16.3 Å². The Kier molecular flexibility index (Phi) is 2.38. The molecule has 1 aromatic heterocycles. The maximum atomic E-state index is 12.1. The average molecular weight is 259 g/mol. The molecule has 0 spiro atoms. The molecule has 0 saturated carbocycles. The Balaban J connectivity index is 2.28. The molecule has 1 aromatic carbocycles. The maximum absolute atomic E-state index is 12.1. The minimum Gasteiger partial charge on any atom is -0.320 e. The third-order valence-electron chi connectivity index (χ3n) is 2.73. The lowest BCUT2D eigenvalue weighted by Crippen LogP contribution is -2.09. The van der Waals surface area contributed by atoms with Crippen LogP contribution in [0, 0.1) is 11.8 Å². The summed E-state index contributed by atoms with van der Waals surface area (Å²) in [5, 5.41) is 7.65. The summed E-state index contributed by atoms with van der Waals surface area (Å²) in [5.41, 5.74) is 1.65. The number of carbonyl (C=O) groups excluding carboxylic acids is 1. The van der Waals surface area contributed by atoms with Crippen LogP contribution in [0.3, 0.4) is 0 Å². The van der Waals surface area contributed by atoms with Crippen molar-refractivity contribution in [3.63, 3.8) is 0 Å². The van der Waals surface area contributed by atoms with E-state index in [0.717, 1.165) is 4.88 Å². The van der Waals surface area contributed by atoms with Crippen molar-refractivity contribution in [2.24, 2.45) is 5.29 Å². The van der Waals surface area contributed by atoms with Crippen molar-refractivity contribution in [3.05, 3.63) is 45.7 Å². The zero-order valence-corrected chi connectivity index (χ0v) is 10.3. The largest absolute Gasteiger partial charge is 0.320 e. The predicted octanol–water partition coefficient (Wildman–Crippen LogP) is 3.44. The van der Waals surface area contributed by atoms with E-state index in [0.29, 0.717) is 21.9 Å². The van der Waals surface area contributed by atoms with Gasteiger partial charge in [-0.3, -0.25) is 4.79 Å². The first-order chi connectivity index (χ1) is 8.70. The van der Waals surface area contributed by atoms with E-state index in [1.54, 1.807) is 30.3 Å². The number of para-hydroxylation sites is 2. The summed E-state index contributed by atoms with van der Waals surface area (Å²) < 4.78 is 0. The molecule has 0 unspecified atom stereocenters. The molecule has 1 amide bonds. The Labute approximate surface area is 107 Å². The summed E-state index contributed by atoms with van der Waals surface area (Å²) in [6.07, 6.45) is 0. The Bertz CT molecular complexity index is 651. The van der Waals surface area contributed by atoms with E-state index in [4.69, 9.17) is 0 Å². The number of thiophene rings is 1. The van der Waals surface area contributed by atoms with Gasteiger partial charge in [-0.25, -0.2) is 0 Å². The topological polar surface area (TPSA) is 61.8 Å². The van der Waals surface area contributed by atoms with E-state index >= 15 is 0 Å². The normalized spacial score (nSPS) is 13.4. The zero-order chi connectivity index (χ0) is 12.7. The Morgan fingerprint density at radius 1 is 1.33 bits per heavy atom. The quantitative estimate of drug-likeness (QED) is 0.798. The van der Waals surface area contributed by atoms with Crippen molar-refractivity contribution >= 4 is 33.6 Å². The molecule has 0 bridgehead atoms. The number of hydrogen-bond acceptors (Lipinski definition) is 4. The number of rotatable bonds is 1. The van der Waals surface area contributed by atoms with Gasteiger partial charge in [0, 0.05) is 4.88 Å². The van der Waals surface area contributed by atoms with Gasteiger partial charge in [-0.2, -0.15) is 5.01 Å². The molecule has 90 valence electrons. The monoisotopic (exact) mass is 259 g/mol. The summed E-state index contributed by atoms with van der Waals surface area (Å²) in [7, 11) is 0. The SMILES string of the molecule is Cc1cc2c(s1)N(N=O)c1ccccc1NC2=O. The molecule has 3 rings (SSSR count). The van der Waals surface area contributed by atoms with Gasteiger partial charge >= 0.3 is 0 Å². The summed E-state index contributed by atoms with van der Waals surface area (Å²) in [6.45, 7) is 1.89. The fraction of sp³-hybridized carbons (Fsp3) is 0.0833. The molecule has 1 aliphatic rings. The van der Waals surface area contributed by atoms with Crippen molar-refractivity contribution in [1.82, 2.24) is 0 Å². The van der Waals surface area contributed by atoms with E-state index in [2.05, 4.69) is 10.6 Å². The van der Waals surface area contributed by atoms with Gasteiger partial charge in [-0.05, 0) is 25.1 Å². The molecule has 0 aliphatic carbocycles. The number of nitrogens with one attached hydrogen (secondary N) is 1. The number of carbonyl (C=O) groups is 1. The second-order valence-electron chi connectivity index (χ2n) is 3.94. The van der Waals surface area contributed by atoms with Crippen LogP contribution in [0.15, 0.2) is 35.6 Å². The molecule has 2 aromatic rings. The van der Waals surface area contributed by atoms with Crippen LogP contribution in [0.2, 0.25) is 0 Å². The van der Waals surface area contributed by atoms with E-state index in [-0.39, 0.29) is 5.91 Å². The number of hydrogen-bond donors (Lipinski definition) is 1. The summed E-state index contributed by atoms with van der Waals surface area (Å²) in [4.78, 5) is 24.1.